The summed E-state index contributed by atoms with van der Waals surface area (Å²) in [7, 11) is 0. The summed E-state index contributed by atoms with van der Waals surface area (Å²) < 4.78 is 5.05. The van der Waals surface area contributed by atoms with Crippen LogP contribution in [0.2, 0.25) is 0 Å². The molecule has 2 atom stereocenters. The molecule has 1 aromatic rings. The van der Waals surface area contributed by atoms with Crippen LogP contribution in [0, 0.1) is 0 Å². The molecule has 4 heteroatoms. The zero-order valence-corrected chi connectivity index (χ0v) is 10.7. The summed E-state index contributed by atoms with van der Waals surface area (Å²) in [5.74, 6) is 1.66. The first-order valence-corrected chi connectivity index (χ1v) is 7.02. The van der Waals surface area contributed by atoms with Crippen LogP contribution in [-0.4, -0.2) is 30.1 Å². The second-order valence-corrected chi connectivity index (χ2v) is 5.05. The maximum absolute atomic E-state index is 11.7. The molecule has 1 aromatic carbocycles. The van der Waals surface area contributed by atoms with Crippen molar-refractivity contribution in [1.82, 2.24) is 5.32 Å². The Balaban J connectivity index is 2.00. The SMILES string of the molecule is CCOC(=O)[C@@H]1CSC[C@H](c2ccccc2)N1. The number of carbonyl (C=O) groups excluding carboxylic acids is 1. The number of nitrogens with one attached hydrogen (secondary N) is 1. The summed E-state index contributed by atoms with van der Waals surface area (Å²) in [6, 6.07) is 10.3. The molecule has 0 amide bonds. The van der Waals surface area contributed by atoms with Gasteiger partial charge in [-0.05, 0) is 12.5 Å². The summed E-state index contributed by atoms with van der Waals surface area (Å²) in [5, 5.41) is 3.36. The number of thioether (sulfide) groups is 1. The molecule has 1 aliphatic rings. The molecule has 1 aliphatic heterocycles. The van der Waals surface area contributed by atoms with Gasteiger partial charge in [0.2, 0.25) is 0 Å². The summed E-state index contributed by atoms with van der Waals surface area (Å²) >= 11 is 1.80. The van der Waals surface area contributed by atoms with E-state index in [4.69, 9.17) is 4.74 Å². The minimum atomic E-state index is -0.182. The largest absolute Gasteiger partial charge is 0.465 e. The standard InChI is InChI=1S/C13H17NO2S/c1-2-16-13(15)12-9-17-8-11(14-12)10-6-4-3-5-7-10/h3-7,11-12,14H,2,8-9H2,1H3/t11-,12+/m1/s1. The first-order valence-electron chi connectivity index (χ1n) is 5.86. The third-order valence-corrected chi connectivity index (χ3v) is 3.88. The summed E-state index contributed by atoms with van der Waals surface area (Å²) in [5.41, 5.74) is 1.23. The molecule has 0 saturated carbocycles. The maximum Gasteiger partial charge on any atom is 0.324 e. The van der Waals surface area contributed by atoms with Crippen LogP contribution in [0.5, 0.6) is 0 Å². The molecule has 92 valence electrons. The van der Waals surface area contributed by atoms with Crippen molar-refractivity contribution in [2.24, 2.45) is 0 Å². The predicted molar refractivity (Wildman–Crippen MR) is 70.1 cm³/mol. The van der Waals surface area contributed by atoms with Gasteiger partial charge in [0, 0.05) is 17.5 Å². The van der Waals surface area contributed by atoms with E-state index >= 15 is 0 Å². The number of ether oxygens (including phenoxy) is 1. The van der Waals surface area contributed by atoms with E-state index in [2.05, 4.69) is 17.4 Å². The van der Waals surface area contributed by atoms with Crippen molar-refractivity contribution < 1.29 is 9.53 Å². The van der Waals surface area contributed by atoms with Gasteiger partial charge < -0.3 is 4.74 Å². The molecule has 1 heterocycles. The topological polar surface area (TPSA) is 38.3 Å². The average molecular weight is 251 g/mol. The van der Waals surface area contributed by atoms with Crippen LogP contribution in [0.25, 0.3) is 0 Å². The minimum absolute atomic E-state index is 0.138. The van der Waals surface area contributed by atoms with Gasteiger partial charge in [-0.2, -0.15) is 11.8 Å². The normalized spacial score (nSPS) is 24.3. The molecule has 0 aromatic heterocycles. The van der Waals surface area contributed by atoms with E-state index in [1.807, 2.05) is 25.1 Å². The molecule has 0 bridgehead atoms. The van der Waals surface area contributed by atoms with Gasteiger partial charge in [-0.3, -0.25) is 10.1 Å². The number of esters is 1. The minimum Gasteiger partial charge on any atom is -0.465 e. The van der Waals surface area contributed by atoms with Gasteiger partial charge >= 0.3 is 5.97 Å². The Morgan fingerprint density at radius 1 is 1.41 bits per heavy atom. The lowest BCUT2D eigenvalue weighted by Gasteiger charge is -2.29. The van der Waals surface area contributed by atoms with Crippen molar-refractivity contribution in [3.05, 3.63) is 35.9 Å². The third-order valence-electron chi connectivity index (χ3n) is 2.74. The molecule has 1 N–H and O–H groups in total. The highest BCUT2D eigenvalue weighted by molar-refractivity contribution is 7.99. The van der Waals surface area contributed by atoms with Crippen LogP contribution in [0.1, 0.15) is 18.5 Å². The quantitative estimate of drug-likeness (QED) is 0.834. The van der Waals surface area contributed by atoms with Crippen molar-refractivity contribution in [2.75, 3.05) is 18.1 Å². The van der Waals surface area contributed by atoms with Crippen LogP contribution in [0.3, 0.4) is 0 Å². The van der Waals surface area contributed by atoms with Crippen LogP contribution < -0.4 is 5.32 Å². The summed E-state index contributed by atoms with van der Waals surface area (Å²) in [4.78, 5) is 11.7. The molecule has 17 heavy (non-hydrogen) atoms. The number of benzene rings is 1. The molecule has 1 saturated heterocycles. The van der Waals surface area contributed by atoms with Crippen LogP contribution >= 0.6 is 11.8 Å². The zero-order chi connectivity index (χ0) is 12.1. The Morgan fingerprint density at radius 2 is 2.18 bits per heavy atom. The van der Waals surface area contributed by atoms with Crippen LogP contribution in [-0.2, 0) is 9.53 Å². The number of hydrogen-bond donors (Lipinski definition) is 1. The lowest BCUT2D eigenvalue weighted by atomic mass is 10.1. The van der Waals surface area contributed by atoms with E-state index in [1.165, 1.54) is 5.56 Å². The number of hydrogen-bond acceptors (Lipinski definition) is 4. The summed E-state index contributed by atoms with van der Waals surface area (Å²) in [6.07, 6.45) is 0. The van der Waals surface area contributed by atoms with Gasteiger partial charge in [-0.25, -0.2) is 0 Å². The third kappa shape index (κ3) is 3.23. The van der Waals surface area contributed by atoms with Crippen molar-refractivity contribution in [2.45, 2.75) is 19.0 Å². The van der Waals surface area contributed by atoms with Crippen molar-refractivity contribution in [1.29, 1.82) is 0 Å². The Kier molecular flexibility index (Phi) is 4.45. The second kappa shape index (κ2) is 6.07. The zero-order valence-electron chi connectivity index (χ0n) is 9.89. The highest BCUT2D eigenvalue weighted by Crippen LogP contribution is 2.24. The van der Waals surface area contributed by atoms with E-state index in [-0.39, 0.29) is 18.1 Å². The molecular formula is C13H17NO2S. The Bertz CT molecular complexity index is 369. The van der Waals surface area contributed by atoms with Crippen molar-refractivity contribution >= 4 is 17.7 Å². The van der Waals surface area contributed by atoms with Crippen molar-refractivity contribution in [3.63, 3.8) is 0 Å². The van der Waals surface area contributed by atoms with E-state index in [0.29, 0.717) is 6.61 Å². The Hall–Kier alpha value is -1.00. The van der Waals surface area contributed by atoms with Crippen molar-refractivity contribution in [3.8, 4) is 0 Å². The van der Waals surface area contributed by atoms with Gasteiger partial charge in [0.15, 0.2) is 0 Å². The second-order valence-electron chi connectivity index (χ2n) is 3.97. The molecule has 1 fully saturated rings. The molecular weight excluding hydrogens is 234 g/mol. The number of rotatable bonds is 3. The van der Waals surface area contributed by atoms with E-state index in [0.717, 1.165) is 11.5 Å². The fourth-order valence-electron chi connectivity index (χ4n) is 1.90. The molecule has 0 unspecified atom stereocenters. The number of carbonyl (C=O) groups is 1. The molecule has 2 rings (SSSR count). The maximum atomic E-state index is 11.7. The first kappa shape index (κ1) is 12.5. The molecule has 0 aliphatic carbocycles. The Morgan fingerprint density at radius 3 is 2.88 bits per heavy atom. The lowest BCUT2D eigenvalue weighted by molar-refractivity contribution is -0.145. The van der Waals surface area contributed by atoms with E-state index in [9.17, 15) is 4.79 Å². The van der Waals surface area contributed by atoms with Gasteiger partial charge in [-0.15, -0.1) is 0 Å². The lowest BCUT2D eigenvalue weighted by Crippen LogP contribution is -2.46. The van der Waals surface area contributed by atoms with Gasteiger partial charge in [0.05, 0.1) is 6.61 Å². The first-order chi connectivity index (χ1) is 8.31. The molecule has 0 radical (unpaired) electrons. The van der Waals surface area contributed by atoms with E-state index in [1.54, 1.807) is 11.8 Å². The average Bonchev–Trinajstić information content (AvgIpc) is 2.40. The van der Waals surface area contributed by atoms with E-state index < -0.39 is 0 Å². The molecule has 0 spiro atoms. The molecule has 3 nitrogen and oxygen atoms in total. The van der Waals surface area contributed by atoms with Gasteiger partial charge in [0.1, 0.15) is 6.04 Å². The van der Waals surface area contributed by atoms with Crippen LogP contribution in [0.4, 0.5) is 0 Å². The van der Waals surface area contributed by atoms with Gasteiger partial charge in [0.25, 0.3) is 0 Å². The highest BCUT2D eigenvalue weighted by Gasteiger charge is 2.28. The Labute approximate surface area is 106 Å². The summed E-state index contributed by atoms with van der Waals surface area (Å²) in [6.45, 7) is 2.28. The fraction of sp³-hybridized carbons (Fsp3) is 0.462. The van der Waals surface area contributed by atoms with Gasteiger partial charge in [-0.1, -0.05) is 30.3 Å². The fourth-order valence-corrected chi connectivity index (χ4v) is 3.03. The van der Waals surface area contributed by atoms with Crippen LogP contribution in [0.15, 0.2) is 30.3 Å². The smallest absolute Gasteiger partial charge is 0.324 e. The monoisotopic (exact) mass is 251 g/mol. The predicted octanol–water partition coefficient (Wildman–Crippen LogP) is 2.00. The highest BCUT2D eigenvalue weighted by atomic mass is 32.2.